The maximum atomic E-state index is 12.9. The predicted octanol–water partition coefficient (Wildman–Crippen LogP) is 1.60. The van der Waals surface area contributed by atoms with E-state index in [4.69, 9.17) is 14.2 Å². The minimum atomic E-state index is -3.61. The van der Waals surface area contributed by atoms with Crippen LogP contribution in [-0.4, -0.2) is 44.3 Å². The van der Waals surface area contributed by atoms with Crippen molar-refractivity contribution in [2.24, 2.45) is 0 Å². The monoisotopic (exact) mass is 313 g/mol. The fraction of sp³-hybridized carbons (Fsp3) is 0.571. The van der Waals surface area contributed by atoms with Gasteiger partial charge in [-0.1, -0.05) is 0 Å². The molecular weight excluding hydrogens is 294 g/mol. The summed E-state index contributed by atoms with van der Waals surface area (Å²) in [5.74, 6) is 1.04. The van der Waals surface area contributed by atoms with Crippen LogP contribution in [0.25, 0.3) is 0 Å². The summed E-state index contributed by atoms with van der Waals surface area (Å²) in [5.41, 5.74) is -0.582. The first-order valence-electron chi connectivity index (χ1n) is 6.85. The van der Waals surface area contributed by atoms with Crippen molar-refractivity contribution < 1.29 is 22.6 Å². The Morgan fingerprint density at radius 3 is 2.71 bits per heavy atom. The second kappa shape index (κ2) is 4.86. The van der Waals surface area contributed by atoms with Gasteiger partial charge in [0.15, 0.2) is 11.5 Å². The molecule has 0 spiro atoms. The smallest absolute Gasteiger partial charge is 0.243 e. The van der Waals surface area contributed by atoms with Crippen molar-refractivity contribution in [1.82, 2.24) is 4.31 Å². The number of ether oxygens (including phenoxy) is 3. The van der Waals surface area contributed by atoms with Crippen LogP contribution < -0.4 is 9.47 Å². The molecule has 0 radical (unpaired) electrons. The van der Waals surface area contributed by atoms with Crippen molar-refractivity contribution in [1.29, 1.82) is 0 Å². The highest BCUT2D eigenvalue weighted by molar-refractivity contribution is 7.89. The van der Waals surface area contributed by atoms with Gasteiger partial charge in [-0.15, -0.1) is 0 Å². The Kier molecular flexibility index (Phi) is 3.38. The van der Waals surface area contributed by atoms with Gasteiger partial charge in [0.2, 0.25) is 16.8 Å². The Balaban J connectivity index is 1.99. The lowest BCUT2D eigenvalue weighted by molar-refractivity contribution is -0.0551. The second-order valence-corrected chi connectivity index (χ2v) is 7.85. The van der Waals surface area contributed by atoms with Crippen molar-refractivity contribution in [3.63, 3.8) is 0 Å². The molecule has 1 atom stereocenters. The lowest BCUT2D eigenvalue weighted by Crippen LogP contribution is -2.57. The zero-order chi connectivity index (χ0) is 15.3. The maximum Gasteiger partial charge on any atom is 0.243 e. The summed E-state index contributed by atoms with van der Waals surface area (Å²) in [5, 5.41) is 0. The van der Waals surface area contributed by atoms with E-state index in [0.717, 1.165) is 0 Å². The molecule has 21 heavy (non-hydrogen) atoms. The molecular formula is C14H19NO5S. The summed E-state index contributed by atoms with van der Waals surface area (Å²) in [4.78, 5) is 0.217. The Hall–Kier alpha value is -1.31. The van der Waals surface area contributed by atoms with E-state index in [1.807, 2.05) is 20.8 Å². The van der Waals surface area contributed by atoms with Gasteiger partial charge in [-0.2, -0.15) is 4.31 Å². The minimum Gasteiger partial charge on any atom is -0.454 e. The molecule has 0 N–H and O–H groups in total. The molecule has 0 bridgehead atoms. The largest absolute Gasteiger partial charge is 0.454 e. The van der Waals surface area contributed by atoms with Gasteiger partial charge >= 0.3 is 0 Å². The first-order valence-corrected chi connectivity index (χ1v) is 8.29. The molecule has 1 aromatic rings. The molecule has 2 aliphatic rings. The van der Waals surface area contributed by atoms with Crippen LogP contribution in [0.2, 0.25) is 0 Å². The van der Waals surface area contributed by atoms with Gasteiger partial charge in [0.25, 0.3) is 0 Å². The van der Waals surface area contributed by atoms with E-state index in [2.05, 4.69) is 0 Å². The second-order valence-electron chi connectivity index (χ2n) is 5.99. The highest BCUT2D eigenvalue weighted by Crippen LogP contribution is 2.36. The number of morpholine rings is 1. The van der Waals surface area contributed by atoms with E-state index in [1.165, 1.54) is 10.4 Å². The molecule has 3 rings (SSSR count). The summed E-state index contributed by atoms with van der Waals surface area (Å²) >= 11 is 0. The summed E-state index contributed by atoms with van der Waals surface area (Å²) in [6.07, 6.45) is -0.123. The zero-order valence-corrected chi connectivity index (χ0v) is 13.1. The predicted molar refractivity (Wildman–Crippen MR) is 75.9 cm³/mol. The lowest BCUT2D eigenvalue weighted by Gasteiger charge is -2.43. The zero-order valence-electron chi connectivity index (χ0n) is 12.3. The average molecular weight is 313 g/mol. The van der Waals surface area contributed by atoms with Crippen molar-refractivity contribution in [3.8, 4) is 11.5 Å². The van der Waals surface area contributed by atoms with Crippen LogP contribution in [0, 0.1) is 0 Å². The van der Waals surface area contributed by atoms with Crippen LogP contribution in [0.5, 0.6) is 11.5 Å². The third kappa shape index (κ3) is 2.49. The molecule has 1 unspecified atom stereocenters. The summed E-state index contributed by atoms with van der Waals surface area (Å²) in [6, 6.07) is 4.71. The quantitative estimate of drug-likeness (QED) is 0.830. The van der Waals surface area contributed by atoms with Crippen LogP contribution in [0.1, 0.15) is 20.8 Å². The number of benzene rings is 1. The Labute approximate surface area is 124 Å². The molecule has 1 fully saturated rings. The van der Waals surface area contributed by atoms with Crippen LogP contribution in [0.3, 0.4) is 0 Å². The molecule has 116 valence electrons. The molecule has 7 heteroatoms. The highest BCUT2D eigenvalue weighted by atomic mass is 32.2. The number of fused-ring (bicyclic) bond motifs is 1. The van der Waals surface area contributed by atoms with Gasteiger partial charge in [-0.3, -0.25) is 0 Å². The number of sulfonamides is 1. The van der Waals surface area contributed by atoms with Crippen molar-refractivity contribution in [3.05, 3.63) is 18.2 Å². The lowest BCUT2D eigenvalue weighted by atomic mass is 10.1. The van der Waals surface area contributed by atoms with E-state index in [1.54, 1.807) is 12.1 Å². The summed E-state index contributed by atoms with van der Waals surface area (Å²) in [6.45, 7) is 6.44. The number of hydrogen-bond donors (Lipinski definition) is 0. The molecule has 6 nitrogen and oxygen atoms in total. The van der Waals surface area contributed by atoms with Gasteiger partial charge < -0.3 is 14.2 Å². The van der Waals surface area contributed by atoms with Crippen LogP contribution in [-0.2, 0) is 14.8 Å². The number of hydrogen-bond acceptors (Lipinski definition) is 5. The van der Waals surface area contributed by atoms with Gasteiger partial charge in [0.1, 0.15) is 0 Å². The van der Waals surface area contributed by atoms with E-state index in [9.17, 15) is 8.42 Å². The van der Waals surface area contributed by atoms with E-state index in [0.29, 0.717) is 24.7 Å². The Morgan fingerprint density at radius 2 is 1.95 bits per heavy atom. The van der Waals surface area contributed by atoms with Gasteiger partial charge in [0.05, 0.1) is 23.1 Å². The van der Waals surface area contributed by atoms with Crippen molar-refractivity contribution >= 4 is 10.0 Å². The van der Waals surface area contributed by atoms with Crippen LogP contribution >= 0.6 is 0 Å². The Morgan fingerprint density at radius 1 is 1.24 bits per heavy atom. The fourth-order valence-corrected chi connectivity index (χ4v) is 4.40. The standard InChI is InChI=1S/C14H19NO5S/c1-10-7-15(14(2,3)8-18-10)21(16,17)11-4-5-12-13(6-11)20-9-19-12/h4-6,10H,7-9H2,1-3H3. The molecule has 2 heterocycles. The van der Waals surface area contributed by atoms with Gasteiger partial charge in [-0.25, -0.2) is 8.42 Å². The third-order valence-electron chi connectivity index (χ3n) is 3.75. The van der Waals surface area contributed by atoms with Gasteiger partial charge in [-0.05, 0) is 32.9 Å². The van der Waals surface area contributed by atoms with Crippen molar-refractivity contribution in [2.45, 2.75) is 37.3 Å². The average Bonchev–Trinajstić information content (AvgIpc) is 2.88. The van der Waals surface area contributed by atoms with Crippen LogP contribution in [0.4, 0.5) is 0 Å². The van der Waals surface area contributed by atoms with E-state index in [-0.39, 0.29) is 17.8 Å². The fourth-order valence-electron chi connectivity index (χ4n) is 2.54. The first-order chi connectivity index (χ1) is 9.80. The normalized spacial score (nSPS) is 25.0. The van der Waals surface area contributed by atoms with E-state index >= 15 is 0 Å². The maximum absolute atomic E-state index is 12.9. The van der Waals surface area contributed by atoms with Gasteiger partial charge in [0, 0.05) is 12.6 Å². The number of nitrogens with zero attached hydrogens (tertiary/aromatic N) is 1. The molecule has 0 aromatic heterocycles. The minimum absolute atomic E-state index is 0.123. The topological polar surface area (TPSA) is 65.1 Å². The van der Waals surface area contributed by atoms with Crippen molar-refractivity contribution in [2.75, 3.05) is 19.9 Å². The molecule has 0 aliphatic carbocycles. The Bertz CT molecular complexity index is 655. The summed E-state index contributed by atoms with van der Waals surface area (Å²) in [7, 11) is -3.61. The first kappa shape index (κ1) is 14.6. The van der Waals surface area contributed by atoms with E-state index < -0.39 is 15.6 Å². The highest BCUT2D eigenvalue weighted by Gasteiger charge is 2.42. The molecule has 1 saturated heterocycles. The molecule has 1 aromatic carbocycles. The third-order valence-corrected chi connectivity index (χ3v) is 5.82. The SMILES string of the molecule is CC1CN(S(=O)(=O)c2ccc3c(c2)OCO3)C(C)(C)CO1. The number of rotatable bonds is 2. The molecule has 0 amide bonds. The summed E-state index contributed by atoms with van der Waals surface area (Å²) < 4.78 is 43.4. The molecule has 0 saturated carbocycles. The van der Waals surface area contributed by atoms with Crippen LogP contribution in [0.15, 0.2) is 23.1 Å². The molecule has 2 aliphatic heterocycles.